The Morgan fingerprint density at radius 3 is 2.89 bits per heavy atom. The maximum absolute atomic E-state index is 12.8. The maximum Gasteiger partial charge on any atom is 0.416 e. The number of halogens is 3. The van der Waals surface area contributed by atoms with Gasteiger partial charge in [-0.2, -0.15) is 18.2 Å². The Morgan fingerprint density at radius 1 is 1.37 bits per heavy atom. The first-order chi connectivity index (χ1) is 12.8. The van der Waals surface area contributed by atoms with Crippen molar-refractivity contribution in [2.75, 3.05) is 19.8 Å². The fourth-order valence-electron chi connectivity index (χ4n) is 3.05. The second-order valence-electron chi connectivity index (χ2n) is 6.41. The first-order valence-electron chi connectivity index (χ1n) is 8.68. The van der Waals surface area contributed by atoms with Crippen LogP contribution in [0.25, 0.3) is 0 Å². The third kappa shape index (κ3) is 4.85. The standard InChI is InChI=1S/C18H20F3N3O3/c1-12-22-17(27-23-12)15-11-26-9-8-24(15)16(25)7-3-5-13-4-2-6-14(10-13)18(19,20)21/h2,4,6,10,15H,3,5,7-9,11H2,1H3/t15-/m1/s1. The Balaban J connectivity index is 1.58. The number of ether oxygens (including phenoxy) is 1. The minimum atomic E-state index is -4.37. The first-order valence-corrected chi connectivity index (χ1v) is 8.68. The van der Waals surface area contributed by atoms with Gasteiger partial charge < -0.3 is 14.2 Å². The predicted molar refractivity (Wildman–Crippen MR) is 88.7 cm³/mol. The van der Waals surface area contributed by atoms with Gasteiger partial charge in [-0.15, -0.1) is 0 Å². The highest BCUT2D eigenvalue weighted by atomic mass is 19.4. The van der Waals surface area contributed by atoms with Crippen molar-refractivity contribution in [2.24, 2.45) is 0 Å². The number of carbonyl (C=O) groups excluding carboxylic acids is 1. The predicted octanol–water partition coefficient (Wildman–Crippen LogP) is 3.32. The molecule has 0 spiro atoms. The van der Waals surface area contributed by atoms with Crippen LogP contribution in [0.2, 0.25) is 0 Å². The van der Waals surface area contributed by atoms with Crippen molar-refractivity contribution in [1.82, 2.24) is 15.0 Å². The van der Waals surface area contributed by atoms with E-state index in [0.717, 1.165) is 12.1 Å². The summed E-state index contributed by atoms with van der Waals surface area (Å²) >= 11 is 0. The van der Waals surface area contributed by atoms with Crippen LogP contribution in [-0.2, 0) is 22.1 Å². The Morgan fingerprint density at radius 2 is 2.19 bits per heavy atom. The Kier molecular flexibility index (Phi) is 5.79. The molecule has 146 valence electrons. The second kappa shape index (κ2) is 8.08. The smallest absolute Gasteiger partial charge is 0.377 e. The lowest BCUT2D eigenvalue weighted by Crippen LogP contribution is -2.43. The summed E-state index contributed by atoms with van der Waals surface area (Å²) in [7, 11) is 0. The summed E-state index contributed by atoms with van der Waals surface area (Å²) in [4.78, 5) is 18.4. The molecule has 2 heterocycles. The fraction of sp³-hybridized carbons (Fsp3) is 0.500. The number of nitrogens with zero attached hydrogens (tertiary/aromatic N) is 3. The highest BCUT2D eigenvalue weighted by Crippen LogP contribution is 2.30. The number of alkyl halides is 3. The van der Waals surface area contributed by atoms with Gasteiger partial charge in [0.25, 0.3) is 5.89 Å². The molecule has 1 aliphatic heterocycles. The SMILES string of the molecule is Cc1noc([C@H]2COCCN2C(=O)CCCc2cccc(C(F)(F)F)c2)n1. The van der Waals surface area contributed by atoms with Crippen molar-refractivity contribution in [1.29, 1.82) is 0 Å². The molecule has 1 fully saturated rings. The number of hydrogen-bond donors (Lipinski definition) is 0. The Labute approximate surface area is 154 Å². The van der Waals surface area contributed by atoms with Gasteiger partial charge in [0, 0.05) is 13.0 Å². The third-order valence-electron chi connectivity index (χ3n) is 4.39. The zero-order chi connectivity index (χ0) is 19.4. The van der Waals surface area contributed by atoms with Crippen LogP contribution in [0.4, 0.5) is 13.2 Å². The van der Waals surface area contributed by atoms with Crippen molar-refractivity contribution in [3.05, 3.63) is 47.1 Å². The number of morpholine rings is 1. The van der Waals surface area contributed by atoms with E-state index in [9.17, 15) is 18.0 Å². The van der Waals surface area contributed by atoms with Gasteiger partial charge in [-0.25, -0.2) is 0 Å². The highest BCUT2D eigenvalue weighted by molar-refractivity contribution is 5.76. The highest BCUT2D eigenvalue weighted by Gasteiger charge is 2.32. The molecule has 1 aromatic carbocycles. The van der Waals surface area contributed by atoms with Crippen molar-refractivity contribution >= 4 is 5.91 Å². The molecule has 3 rings (SSSR count). The normalized spacial score (nSPS) is 17.9. The van der Waals surface area contributed by atoms with E-state index in [1.54, 1.807) is 17.9 Å². The molecule has 6 nitrogen and oxygen atoms in total. The second-order valence-corrected chi connectivity index (χ2v) is 6.41. The summed E-state index contributed by atoms with van der Waals surface area (Å²) in [5, 5.41) is 3.74. The number of benzene rings is 1. The van der Waals surface area contributed by atoms with Gasteiger partial charge in [0.05, 0.1) is 18.8 Å². The van der Waals surface area contributed by atoms with E-state index in [4.69, 9.17) is 9.26 Å². The number of hydrogen-bond acceptors (Lipinski definition) is 5. The van der Waals surface area contributed by atoms with Crippen molar-refractivity contribution in [3.8, 4) is 0 Å². The van der Waals surface area contributed by atoms with Crippen LogP contribution in [0, 0.1) is 6.92 Å². The zero-order valence-electron chi connectivity index (χ0n) is 14.8. The molecule has 0 bridgehead atoms. The molecule has 1 amide bonds. The van der Waals surface area contributed by atoms with Gasteiger partial charge in [-0.1, -0.05) is 23.4 Å². The lowest BCUT2D eigenvalue weighted by molar-refractivity contribution is -0.141. The van der Waals surface area contributed by atoms with E-state index in [1.807, 2.05) is 0 Å². The van der Waals surface area contributed by atoms with E-state index in [0.29, 0.717) is 43.3 Å². The number of amides is 1. The Bertz CT molecular complexity index is 791. The molecule has 27 heavy (non-hydrogen) atoms. The first kappa shape index (κ1) is 19.3. The van der Waals surface area contributed by atoms with Crippen LogP contribution in [0.3, 0.4) is 0 Å². The summed E-state index contributed by atoms with van der Waals surface area (Å²) in [6, 6.07) is 4.76. The fourth-order valence-corrected chi connectivity index (χ4v) is 3.05. The number of aryl methyl sites for hydroxylation is 2. The summed E-state index contributed by atoms with van der Waals surface area (Å²) < 4.78 is 48.9. The minimum Gasteiger partial charge on any atom is -0.377 e. The summed E-state index contributed by atoms with van der Waals surface area (Å²) in [5.41, 5.74) is -0.116. The van der Waals surface area contributed by atoms with Crippen LogP contribution in [0.5, 0.6) is 0 Å². The largest absolute Gasteiger partial charge is 0.416 e. The monoisotopic (exact) mass is 383 g/mol. The third-order valence-corrected chi connectivity index (χ3v) is 4.39. The number of carbonyl (C=O) groups is 1. The van der Waals surface area contributed by atoms with Gasteiger partial charge in [0.2, 0.25) is 5.91 Å². The van der Waals surface area contributed by atoms with Gasteiger partial charge in [0.1, 0.15) is 6.04 Å². The topological polar surface area (TPSA) is 68.5 Å². The molecule has 1 saturated heterocycles. The van der Waals surface area contributed by atoms with E-state index in [-0.39, 0.29) is 18.9 Å². The van der Waals surface area contributed by atoms with Gasteiger partial charge in [-0.3, -0.25) is 4.79 Å². The molecular weight excluding hydrogens is 363 g/mol. The number of aromatic nitrogens is 2. The van der Waals surface area contributed by atoms with E-state index in [2.05, 4.69) is 10.1 Å². The molecule has 1 aliphatic rings. The summed E-state index contributed by atoms with van der Waals surface area (Å²) in [5.74, 6) is 0.706. The van der Waals surface area contributed by atoms with Crippen molar-refractivity contribution in [3.63, 3.8) is 0 Å². The zero-order valence-corrected chi connectivity index (χ0v) is 14.8. The molecule has 9 heteroatoms. The summed E-state index contributed by atoms with van der Waals surface area (Å²) in [6.45, 7) is 2.80. The average Bonchev–Trinajstić information content (AvgIpc) is 3.07. The van der Waals surface area contributed by atoms with Crippen LogP contribution in [-0.4, -0.2) is 40.7 Å². The number of rotatable bonds is 5. The molecular formula is C18H20F3N3O3. The Hall–Kier alpha value is -2.42. The summed E-state index contributed by atoms with van der Waals surface area (Å²) in [6.07, 6.45) is -3.30. The molecule has 0 unspecified atom stereocenters. The lowest BCUT2D eigenvalue weighted by atomic mass is 10.0. The molecule has 0 radical (unpaired) electrons. The maximum atomic E-state index is 12.8. The minimum absolute atomic E-state index is 0.105. The van der Waals surface area contributed by atoms with Gasteiger partial charge in [-0.05, 0) is 31.4 Å². The van der Waals surface area contributed by atoms with Crippen LogP contribution < -0.4 is 0 Å². The van der Waals surface area contributed by atoms with E-state index < -0.39 is 17.8 Å². The van der Waals surface area contributed by atoms with E-state index in [1.165, 1.54) is 6.07 Å². The van der Waals surface area contributed by atoms with Crippen molar-refractivity contribution in [2.45, 2.75) is 38.4 Å². The molecule has 0 aliphatic carbocycles. The van der Waals surface area contributed by atoms with Gasteiger partial charge in [0.15, 0.2) is 5.82 Å². The molecule has 1 atom stereocenters. The molecule has 1 aromatic heterocycles. The average molecular weight is 383 g/mol. The van der Waals surface area contributed by atoms with E-state index >= 15 is 0 Å². The molecule has 0 saturated carbocycles. The quantitative estimate of drug-likeness (QED) is 0.792. The molecule has 0 N–H and O–H groups in total. The lowest BCUT2D eigenvalue weighted by Gasteiger charge is -2.33. The van der Waals surface area contributed by atoms with Crippen LogP contribution in [0.1, 0.15) is 41.7 Å². The van der Waals surface area contributed by atoms with Gasteiger partial charge >= 0.3 is 6.18 Å². The van der Waals surface area contributed by atoms with Crippen LogP contribution >= 0.6 is 0 Å². The van der Waals surface area contributed by atoms with Crippen molar-refractivity contribution < 1.29 is 27.2 Å². The van der Waals surface area contributed by atoms with Crippen LogP contribution in [0.15, 0.2) is 28.8 Å². The molecule has 2 aromatic rings.